The molecule has 1 amide bonds. The number of nitrogens with zero attached hydrogens (tertiary/aromatic N) is 5. The van der Waals surface area contributed by atoms with Crippen LogP contribution in [-0.2, 0) is 9.47 Å². The molecule has 8 nitrogen and oxygen atoms in total. The van der Waals surface area contributed by atoms with E-state index in [0.29, 0.717) is 38.3 Å². The van der Waals surface area contributed by atoms with E-state index in [1.807, 2.05) is 10.7 Å². The molecule has 3 aromatic rings. The van der Waals surface area contributed by atoms with Gasteiger partial charge in [-0.2, -0.15) is 5.10 Å². The summed E-state index contributed by atoms with van der Waals surface area (Å²) in [5.74, 6) is 0.615. The molecule has 8 heteroatoms. The summed E-state index contributed by atoms with van der Waals surface area (Å²) >= 11 is 0. The van der Waals surface area contributed by atoms with Gasteiger partial charge in [-0.15, -0.1) is 0 Å². The molecule has 6 rings (SSSR count). The second kappa shape index (κ2) is 10.3. The normalized spacial score (nSPS) is 21.4. The summed E-state index contributed by atoms with van der Waals surface area (Å²) < 4.78 is 12.6. The quantitative estimate of drug-likeness (QED) is 0.519. The Labute approximate surface area is 218 Å². The molecule has 0 spiro atoms. The van der Waals surface area contributed by atoms with Gasteiger partial charge in [-0.25, -0.2) is 9.31 Å². The van der Waals surface area contributed by atoms with Crippen LogP contribution >= 0.6 is 0 Å². The minimum absolute atomic E-state index is 0.0871. The van der Waals surface area contributed by atoms with Crippen molar-refractivity contribution >= 4 is 17.3 Å². The number of piperazine rings is 1. The maximum Gasteiger partial charge on any atom is 0.410 e. The first-order valence-corrected chi connectivity index (χ1v) is 13.6. The Morgan fingerprint density at radius 1 is 1.03 bits per heavy atom. The van der Waals surface area contributed by atoms with Crippen molar-refractivity contribution < 1.29 is 14.3 Å². The first-order valence-electron chi connectivity index (χ1n) is 13.6. The third kappa shape index (κ3) is 5.05. The van der Waals surface area contributed by atoms with Crippen molar-refractivity contribution in [1.29, 1.82) is 0 Å². The number of ether oxygens (including phenoxy) is 2. The fourth-order valence-electron chi connectivity index (χ4n) is 5.75. The summed E-state index contributed by atoms with van der Waals surface area (Å²) in [5.41, 5.74) is 6.06. The van der Waals surface area contributed by atoms with E-state index in [2.05, 4.69) is 71.3 Å². The smallest absolute Gasteiger partial charge is 0.410 e. The fourth-order valence-corrected chi connectivity index (χ4v) is 5.75. The third-order valence-electron chi connectivity index (χ3n) is 8.14. The maximum absolute atomic E-state index is 12.4. The van der Waals surface area contributed by atoms with Crippen LogP contribution in [-0.4, -0.2) is 90.1 Å². The predicted molar refractivity (Wildman–Crippen MR) is 144 cm³/mol. The second-order valence-electron chi connectivity index (χ2n) is 10.8. The van der Waals surface area contributed by atoms with Crippen LogP contribution in [0.4, 0.5) is 10.5 Å². The van der Waals surface area contributed by atoms with Crippen LogP contribution in [0.5, 0.6) is 0 Å². The Balaban J connectivity index is 1.15. The summed E-state index contributed by atoms with van der Waals surface area (Å²) in [6, 6.07) is 14.1. The van der Waals surface area contributed by atoms with Crippen LogP contribution in [0.1, 0.15) is 38.2 Å². The van der Waals surface area contributed by atoms with Gasteiger partial charge in [-0.05, 0) is 62.4 Å². The summed E-state index contributed by atoms with van der Waals surface area (Å²) in [6.45, 7) is 10.8. The summed E-state index contributed by atoms with van der Waals surface area (Å²) in [6.07, 6.45) is 6.20. The number of hydrogen-bond donors (Lipinski definition) is 0. The first-order chi connectivity index (χ1) is 18.0. The van der Waals surface area contributed by atoms with Gasteiger partial charge < -0.3 is 24.2 Å². The van der Waals surface area contributed by atoms with Gasteiger partial charge in [-0.1, -0.05) is 24.3 Å². The van der Waals surface area contributed by atoms with Crippen molar-refractivity contribution in [3.8, 4) is 11.1 Å². The number of anilines is 1. The fraction of sp³-hybridized carbons (Fsp3) is 0.517. The highest BCUT2D eigenvalue weighted by molar-refractivity contribution is 5.80. The Kier molecular flexibility index (Phi) is 6.78. The number of likely N-dealkylation sites (tertiary alicyclic amines) is 1. The molecule has 3 aliphatic rings. The van der Waals surface area contributed by atoms with Crippen molar-refractivity contribution in [2.75, 3.05) is 57.4 Å². The van der Waals surface area contributed by atoms with Gasteiger partial charge in [0.15, 0.2) is 6.10 Å². The van der Waals surface area contributed by atoms with Crippen molar-refractivity contribution in [2.24, 2.45) is 0 Å². The van der Waals surface area contributed by atoms with E-state index in [1.165, 1.54) is 36.1 Å². The van der Waals surface area contributed by atoms with E-state index in [0.717, 1.165) is 30.8 Å². The van der Waals surface area contributed by atoms with Crippen LogP contribution in [0.15, 0.2) is 48.8 Å². The molecule has 0 N–H and O–H groups in total. The molecule has 196 valence electrons. The molecule has 0 saturated carbocycles. The molecule has 3 fully saturated rings. The molecule has 3 aliphatic heterocycles. The number of benzene rings is 1. The molecule has 1 atom stereocenters. The Morgan fingerprint density at radius 3 is 2.51 bits per heavy atom. The van der Waals surface area contributed by atoms with Gasteiger partial charge in [-0.3, -0.25) is 0 Å². The molecule has 5 heterocycles. The lowest BCUT2D eigenvalue weighted by Crippen LogP contribution is -2.51. The molecular formula is C29H37N5O3. The second-order valence-corrected chi connectivity index (χ2v) is 10.8. The van der Waals surface area contributed by atoms with E-state index >= 15 is 0 Å². The van der Waals surface area contributed by atoms with Crippen LogP contribution in [0.25, 0.3) is 16.6 Å². The van der Waals surface area contributed by atoms with Gasteiger partial charge >= 0.3 is 6.09 Å². The highest BCUT2D eigenvalue weighted by Gasteiger charge is 2.29. The summed E-state index contributed by atoms with van der Waals surface area (Å²) in [7, 11) is 0. The van der Waals surface area contributed by atoms with Crippen molar-refractivity contribution in [2.45, 2.75) is 44.8 Å². The average molecular weight is 504 g/mol. The minimum Gasteiger partial charge on any atom is -0.441 e. The summed E-state index contributed by atoms with van der Waals surface area (Å²) in [4.78, 5) is 19.1. The molecule has 0 aliphatic carbocycles. The Bertz CT molecular complexity index is 1230. The third-order valence-corrected chi connectivity index (χ3v) is 8.14. The standard InChI is InChI=1S/C29H37N5O3/c1-21(2)33-11-3-4-24(17-33)22-5-7-23(8-6-22)25-16-28-27(9-10-30-34(28)18-25)31-12-14-32(15-13-31)29(35)37-26-19-36-20-26/h5-10,16,18,21,24,26H,3-4,11-15,17,19-20H2,1-2H3/t24-/m0/s1. The SMILES string of the molecule is CC(C)N1CCC[C@H](c2ccc(-c3cc4c(N5CCN(C(=O)OC6COC6)CC5)ccnn4c3)cc2)C1. The van der Waals surface area contributed by atoms with Crippen LogP contribution in [0, 0.1) is 0 Å². The van der Waals surface area contributed by atoms with E-state index in [4.69, 9.17) is 9.47 Å². The number of fused-ring (bicyclic) bond motifs is 1. The molecule has 0 bridgehead atoms. The van der Waals surface area contributed by atoms with Gasteiger partial charge in [0, 0.05) is 56.7 Å². The topological polar surface area (TPSA) is 62.5 Å². The lowest BCUT2D eigenvalue weighted by Gasteiger charge is -2.37. The zero-order valence-electron chi connectivity index (χ0n) is 21.9. The number of aromatic nitrogens is 2. The van der Waals surface area contributed by atoms with Crippen molar-refractivity contribution in [1.82, 2.24) is 19.4 Å². The molecule has 2 aromatic heterocycles. The Hall–Kier alpha value is -3.10. The van der Waals surface area contributed by atoms with Gasteiger partial charge in [0.25, 0.3) is 0 Å². The molecule has 37 heavy (non-hydrogen) atoms. The van der Waals surface area contributed by atoms with Crippen molar-refractivity contribution in [3.63, 3.8) is 0 Å². The van der Waals surface area contributed by atoms with Crippen LogP contribution in [0.2, 0.25) is 0 Å². The van der Waals surface area contributed by atoms with Gasteiger partial charge in [0.2, 0.25) is 0 Å². The number of rotatable bonds is 5. The maximum atomic E-state index is 12.4. The number of piperidine rings is 1. The average Bonchev–Trinajstić information content (AvgIpc) is 3.35. The number of carbonyl (C=O) groups is 1. The molecule has 0 unspecified atom stereocenters. The van der Waals surface area contributed by atoms with Crippen LogP contribution < -0.4 is 4.90 Å². The zero-order valence-corrected chi connectivity index (χ0v) is 21.9. The zero-order chi connectivity index (χ0) is 25.4. The number of hydrogen-bond acceptors (Lipinski definition) is 6. The molecule has 1 aromatic carbocycles. The largest absolute Gasteiger partial charge is 0.441 e. The highest BCUT2D eigenvalue weighted by atomic mass is 16.6. The van der Waals surface area contributed by atoms with Gasteiger partial charge in [0.1, 0.15) is 0 Å². The van der Waals surface area contributed by atoms with E-state index in [9.17, 15) is 4.79 Å². The predicted octanol–water partition coefficient (Wildman–Crippen LogP) is 4.25. The van der Waals surface area contributed by atoms with Gasteiger partial charge in [0.05, 0.1) is 24.4 Å². The monoisotopic (exact) mass is 503 g/mol. The lowest BCUT2D eigenvalue weighted by atomic mass is 9.89. The van der Waals surface area contributed by atoms with E-state index in [1.54, 1.807) is 4.90 Å². The molecular weight excluding hydrogens is 466 g/mol. The molecule has 0 radical (unpaired) electrons. The first kappa shape index (κ1) is 24.2. The number of carbonyl (C=O) groups excluding carboxylic acids is 1. The van der Waals surface area contributed by atoms with E-state index in [-0.39, 0.29) is 12.2 Å². The minimum atomic E-state index is -0.230. The Morgan fingerprint density at radius 2 is 1.81 bits per heavy atom. The molecule has 3 saturated heterocycles. The lowest BCUT2D eigenvalue weighted by molar-refractivity contribution is -0.104. The summed E-state index contributed by atoms with van der Waals surface area (Å²) in [5, 5.41) is 4.58. The van der Waals surface area contributed by atoms with Crippen LogP contribution in [0.3, 0.4) is 0 Å². The highest BCUT2D eigenvalue weighted by Crippen LogP contribution is 2.32. The van der Waals surface area contributed by atoms with Crippen molar-refractivity contribution in [3.05, 3.63) is 54.4 Å². The van der Waals surface area contributed by atoms with E-state index < -0.39 is 0 Å². The number of amides is 1.